The molecule has 16 heavy (non-hydrogen) atoms. The van der Waals surface area contributed by atoms with Crippen molar-refractivity contribution in [2.24, 2.45) is 0 Å². The first kappa shape index (κ1) is 13.2. The summed E-state index contributed by atoms with van der Waals surface area (Å²) in [7, 11) is 3.61. The Morgan fingerprint density at radius 1 is 1.38 bits per heavy atom. The molecule has 1 N–H and O–H groups in total. The monoisotopic (exact) mass is 223 g/mol. The Kier molecular flexibility index (Phi) is 5.46. The second kappa shape index (κ2) is 6.63. The molecule has 0 spiro atoms. The zero-order valence-electron chi connectivity index (χ0n) is 10.3. The molecule has 1 rings (SSSR count). The Morgan fingerprint density at radius 3 is 2.69 bits per heavy atom. The van der Waals surface area contributed by atoms with Gasteiger partial charge in [-0.1, -0.05) is 24.3 Å². The third-order valence-electron chi connectivity index (χ3n) is 2.58. The summed E-state index contributed by atoms with van der Waals surface area (Å²) >= 11 is 0. The summed E-state index contributed by atoms with van der Waals surface area (Å²) in [5, 5.41) is 9.60. The van der Waals surface area contributed by atoms with E-state index in [1.165, 1.54) is 11.1 Å². The normalized spacial score (nSPS) is 13.1. The second-order valence-corrected chi connectivity index (χ2v) is 4.23. The molecule has 1 atom stereocenters. The number of aryl methyl sites for hydroxylation is 1. The number of benzene rings is 1. The maximum absolute atomic E-state index is 9.60. The van der Waals surface area contributed by atoms with Gasteiger partial charge < -0.3 is 9.84 Å². The van der Waals surface area contributed by atoms with E-state index in [0.717, 1.165) is 6.54 Å². The maximum Gasteiger partial charge on any atom is 0.0900 e. The van der Waals surface area contributed by atoms with Crippen molar-refractivity contribution in [3.05, 3.63) is 35.4 Å². The summed E-state index contributed by atoms with van der Waals surface area (Å²) in [5.74, 6) is 0. The highest BCUT2D eigenvalue weighted by Gasteiger charge is 2.08. The molecular weight excluding hydrogens is 202 g/mol. The second-order valence-electron chi connectivity index (χ2n) is 4.23. The Labute approximate surface area is 97.7 Å². The van der Waals surface area contributed by atoms with Crippen LogP contribution in [0.25, 0.3) is 0 Å². The molecule has 0 bridgehead atoms. The standard InChI is InChI=1S/C13H21NO2/c1-11-6-4-5-7-12(11)8-14(2)9-13(15)10-16-3/h4-7,13,15H,8-10H2,1-3H3. The molecule has 1 unspecified atom stereocenters. The van der Waals surface area contributed by atoms with E-state index in [9.17, 15) is 5.11 Å². The Hall–Kier alpha value is -0.900. The van der Waals surface area contributed by atoms with E-state index in [4.69, 9.17) is 4.74 Å². The van der Waals surface area contributed by atoms with Gasteiger partial charge in [0, 0.05) is 20.2 Å². The number of rotatable bonds is 6. The van der Waals surface area contributed by atoms with Crippen molar-refractivity contribution in [3.63, 3.8) is 0 Å². The SMILES string of the molecule is COCC(O)CN(C)Cc1ccccc1C. The number of hydrogen-bond donors (Lipinski definition) is 1. The van der Waals surface area contributed by atoms with Crippen molar-refractivity contribution in [1.29, 1.82) is 0 Å². The molecule has 3 nitrogen and oxygen atoms in total. The first-order valence-electron chi connectivity index (χ1n) is 5.53. The molecule has 0 aliphatic heterocycles. The van der Waals surface area contributed by atoms with Gasteiger partial charge in [0.1, 0.15) is 0 Å². The molecule has 0 fully saturated rings. The lowest BCUT2D eigenvalue weighted by Gasteiger charge is -2.21. The summed E-state index contributed by atoms with van der Waals surface area (Å²) in [6.45, 7) is 3.97. The van der Waals surface area contributed by atoms with Crippen molar-refractivity contribution in [3.8, 4) is 0 Å². The summed E-state index contributed by atoms with van der Waals surface area (Å²) in [6, 6.07) is 8.31. The lowest BCUT2D eigenvalue weighted by molar-refractivity contribution is 0.0418. The van der Waals surface area contributed by atoms with E-state index in [2.05, 4.69) is 24.0 Å². The van der Waals surface area contributed by atoms with Gasteiger partial charge in [-0.2, -0.15) is 0 Å². The minimum atomic E-state index is -0.418. The lowest BCUT2D eigenvalue weighted by Crippen LogP contribution is -2.31. The van der Waals surface area contributed by atoms with Gasteiger partial charge in [0.15, 0.2) is 0 Å². The molecule has 3 heteroatoms. The minimum absolute atomic E-state index is 0.387. The molecule has 90 valence electrons. The Bertz CT molecular complexity index is 315. The maximum atomic E-state index is 9.60. The molecule has 0 saturated carbocycles. The van der Waals surface area contributed by atoms with E-state index in [1.54, 1.807) is 7.11 Å². The van der Waals surface area contributed by atoms with Crippen LogP contribution in [-0.4, -0.2) is 43.4 Å². The van der Waals surface area contributed by atoms with Crippen LogP contribution in [0.2, 0.25) is 0 Å². The van der Waals surface area contributed by atoms with Gasteiger partial charge in [0.2, 0.25) is 0 Å². The van der Waals surface area contributed by atoms with Crippen LogP contribution >= 0.6 is 0 Å². The molecule has 0 amide bonds. The minimum Gasteiger partial charge on any atom is -0.389 e. The average molecular weight is 223 g/mol. The average Bonchev–Trinajstić information content (AvgIpc) is 2.21. The molecule has 1 aromatic rings. The smallest absolute Gasteiger partial charge is 0.0900 e. The molecule has 1 aromatic carbocycles. The molecule has 0 aromatic heterocycles. The number of likely N-dealkylation sites (N-methyl/N-ethyl adjacent to an activating group) is 1. The van der Waals surface area contributed by atoms with Crippen LogP contribution in [0, 0.1) is 6.92 Å². The van der Waals surface area contributed by atoms with Gasteiger partial charge in [0.25, 0.3) is 0 Å². The van der Waals surface area contributed by atoms with E-state index in [0.29, 0.717) is 13.2 Å². The van der Waals surface area contributed by atoms with E-state index < -0.39 is 6.10 Å². The van der Waals surface area contributed by atoms with E-state index in [1.807, 2.05) is 19.2 Å². The number of aliphatic hydroxyl groups is 1. The number of methoxy groups -OCH3 is 1. The van der Waals surface area contributed by atoms with Crippen molar-refractivity contribution in [1.82, 2.24) is 4.90 Å². The van der Waals surface area contributed by atoms with Gasteiger partial charge in [-0.05, 0) is 25.1 Å². The van der Waals surface area contributed by atoms with E-state index in [-0.39, 0.29) is 0 Å². The molecular formula is C13H21NO2. The molecule has 0 saturated heterocycles. The molecule has 0 aliphatic rings. The van der Waals surface area contributed by atoms with Crippen LogP contribution in [0.1, 0.15) is 11.1 Å². The topological polar surface area (TPSA) is 32.7 Å². The zero-order valence-corrected chi connectivity index (χ0v) is 10.3. The Morgan fingerprint density at radius 2 is 2.06 bits per heavy atom. The van der Waals surface area contributed by atoms with Gasteiger partial charge >= 0.3 is 0 Å². The third kappa shape index (κ3) is 4.31. The number of aliphatic hydroxyl groups excluding tert-OH is 1. The fourth-order valence-electron chi connectivity index (χ4n) is 1.75. The summed E-state index contributed by atoms with van der Waals surface area (Å²) in [5.41, 5.74) is 2.59. The summed E-state index contributed by atoms with van der Waals surface area (Å²) < 4.78 is 4.90. The van der Waals surface area contributed by atoms with Gasteiger partial charge in [-0.25, -0.2) is 0 Å². The zero-order chi connectivity index (χ0) is 12.0. The van der Waals surface area contributed by atoms with Crippen molar-refractivity contribution in [2.45, 2.75) is 19.6 Å². The predicted molar refractivity (Wildman–Crippen MR) is 65.4 cm³/mol. The number of hydrogen-bond acceptors (Lipinski definition) is 3. The summed E-state index contributed by atoms with van der Waals surface area (Å²) in [4.78, 5) is 2.10. The molecule has 0 aliphatic carbocycles. The van der Waals surface area contributed by atoms with Crippen molar-refractivity contribution in [2.75, 3.05) is 27.3 Å². The predicted octanol–water partition coefficient (Wildman–Crippen LogP) is 1.43. The highest BCUT2D eigenvalue weighted by molar-refractivity contribution is 5.25. The van der Waals surface area contributed by atoms with E-state index >= 15 is 0 Å². The van der Waals surface area contributed by atoms with Crippen molar-refractivity contribution >= 4 is 0 Å². The molecule has 0 heterocycles. The largest absolute Gasteiger partial charge is 0.389 e. The van der Waals surface area contributed by atoms with Gasteiger partial charge in [-0.3, -0.25) is 4.90 Å². The summed E-state index contributed by atoms with van der Waals surface area (Å²) in [6.07, 6.45) is -0.418. The number of ether oxygens (including phenoxy) is 1. The highest BCUT2D eigenvalue weighted by Crippen LogP contribution is 2.09. The first-order valence-corrected chi connectivity index (χ1v) is 5.53. The molecule has 0 radical (unpaired) electrons. The third-order valence-corrected chi connectivity index (χ3v) is 2.58. The fraction of sp³-hybridized carbons (Fsp3) is 0.538. The van der Waals surface area contributed by atoms with Crippen LogP contribution in [0.3, 0.4) is 0 Å². The van der Waals surface area contributed by atoms with Crippen LogP contribution in [0.15, 0.2) is 24.3 Å². The fourth-order valence-corrected chi connectivity index (χ4v) is 1.75. The van der Waals surface area contributed by atoms with Crippen LogP contribution < -0.4 is 0 Å². The van der Waals surface area contributed by atoms with Crippen LogP contribution in [0.5, 0.6) is 0 Å². The quantitative estimate of drug-likeness (QED) is 0.792. The number of nitrogens with zero attached hydrogens (tertiary/aromatic N) is 1. The van der Waals surface area contributed by atoms with Crippen molar-refractivity contribution < 1.29 is 9.84 Å². The van der Waals surface area contributed by atoms with Crippen LogP contribution in [0.4, 0.5) is 0 Å². The first-order chi connectivity index (χ1) is 7.63. The van der Waals surface area contributed by atoms with Gasteiger partial charge in [-0.15, -0.1) is 0 Å². The lowest BCUT2D eigenvalue weighted by atomic mass is 10.1. The van der Waals surface area contributed by atoms with Crippen LogP contribution in [-0.2, 0) is 11.3 Å². The Balaban J connectivity index is 2.45. The highest BCUT2D eigenvalue weighted by atomic mass is 16.5. The van der Waals surface area contributed by atoms with Gasteiger partial charge in [0.05, 0.1) is 12.7 Å².